The Labute approximate surface area is 106 Å². The minimum Gasteiger partial charge on any atom is -0.486 e. The molecule has 0 atom stereocenters. The molecule has 0 fully saturated rings. The molecule has 0 saturated heterocycles. The Balaban J connectivity index is 2.06. The molecular formula is C14H16O4. The summed E-state index contributed by atoms with van der Waals surface area (Å²) in [6, 6.07) is 3.50. The third-order valence-corrected chi connectivity index (χ3v) is 3.87. The van der Waals surface area contributed by atoms with Gasteiger partial charge in [-0.3, -0.25) is 4.79 Å². The lowest BCUT2D eigenvalue weighted by molar-refractivity contribution is 0.0348. The Kier molecular flexibility index (Phi) is 2.47. The molecule has 1 aromatic rings. The van der Waals surface area contributed by atoms with Crippen LogP contribution in [0.25, 0.3) is 0 Å². The summed E-state index contributed by atoms with van der Waals surface area (Å²) < 4.78 is 16.7. The van der Waals surface area contributed by atoms with Crippen molar-refractivity contribution in [1.29, 1.82) is 0 Å². The average molecular weight is 248 g/mol. The number of carbonyl (C=O) groups excluding carboxylic acids is 1. The SMILES string of the molecule is CCC1(CC)CC(=O)c2cc3c(cc2O1)OCO3. The van der Waals surface area contributed by atoms with Crippen LogP contribution in [0.4, 0.5) is 0 Å². The smallest absolute Gasteiger partial charge is 0.231 e. The number of rotatable bonds is 2. The van der Waals surface area contributed by atoms with Gasteiger partial charge in [0.05, 0.1) is 12.0 Å². The summed E-state index contributed by atoms with van der Waals surface area (Å²) in [6.45, 7) is 4.31. The highest BCUT2D eigenvalue weighted by Crippen LogP contribution is 2.44. The molecule has 0 aliphatic carbocycles. The summed E-state index contributed by atoms with van der Waals surface area (Å²) in [5.41, 5.74) is 0.245. The summed E-state index contributed by atoms with van der Waals surface area (Å²) >= 11 is 0. The molecule has 0 aromatic heterocycles. The van der Waals surface area contributed by atoms with Crippen LogP contribution < -0.4 is 14.2 Å². The number of hydrogen-bond donors (Lipinski definition) is 0. The molecule has 1 aromatic carbocycles. The standard InChI is InChI=1S/C14H16O4/c1-3-14(4-2)7-10(15)9-5-12-13(17-8-16-12)6-11(9)18-14/h5-6H,3-4,7-8H2,1-2H3. The maximum Gasteiger partial charge on any atom is 0.231 e. The van der Waals surface area contributed by atoms with Gasteiger partial charge >= 0.3 is 0 Å². The van der Waals surface area contributed by atoms with E-state index in [-0.39, 0.29) is 18.2 Å². The second-order valence-corrected chi connectivity index (χ2v) is 4.79. The second kappa shape index (κ2) is 3.90. The molecule has 2 aliphatic heterocycles. The van der Waals surface area contributed by atoms with Crippen LogP contribution in [-0.2, 0) is 0 Å². The summed E-state index contributed by atoms with van der Waals surface area (Å²) in [5, 5.41) is 0. The number of carbonyl (C=O) groups is 1. The number of benzene rings is 1. The van der Waals surface area contributed by atoms with Crippen LogP contribution in [0.3, 0.4) is 0 Å². The molecule has 0 saturated carbocycles. The molecule has 0 N–H and O–H groups in total. The average Bonchev–Trinajstić information content (AvgIpc) is 2.83. The molecule has 3 rings (SSSR count). The summed E-state index contributed by atoms with van der Waals surface area (Å²) in [5.74, 6) is 2.04. The van der Waals surface area contributed by atoms with Gasteiger partial charge < -0.3 is 14.2 Å². The first-order valence-corrected chi connectivity index (χ1v) is 6.33. The second-order valence-electron chi connectivity index (χ2n) is 4.79. The van der Waals surface area contributed by atoms with E-state index in [2.05, 4.69) is 13.8 Å². The molecule has 0 unspecified atom stereocenters. The van der Waals surface area contributed by atoms with Gasteiger partial charge in [0.25, 0.3) is 0 Å². The molecule has 0 radical (unpaired) electrons. The molecule has 0 amide bonds. The zero-order chi connectivity index (χ0) is 12.8. The third-order valence-electron chi connectivity index (χ3n) is 3.87. The van der Waals surface area contributed by atoms with Crippen LogP contribution in [-0.4, -0.2) is 18.2 Å². The zero-order valence-corrected chi connectivity index (χ0v) is 10.6. The van der Waals surface area contributed by atoms with Crippen LogP contribution in [0.1, 0.15) is 43.5 Å². The summed E-state index contributed by atoms with van der Waals surface area (Å²) in [6.07, 6.45) is 2.08. The topological polar surface area (TPSA) is 44.8 Å². The Morgan fingerprint density at radius 3 is 2.44 bits per heavy atom. The van der Waals surface area contributed by atoms with E-state index >= 15 is 0 Å². The fourth-order valence-corrected chi connectivity index (χ4v) is 2.53. The lowest BCUT2D eigenvalue weighted by Crippen LogP contribution is -2.40. The van der Waals surface area contributed by atoms with E-state index in [1.54, 1.807) is 12.1 Å². The van der Waals surface area contributed by atoms with Crippen molar-refractivity contribution in [3.05, 3.63) is 17.7 Å². The molecule has 18 heavy (non-hydrogen) atoms. The van der Waals surface area contributed by atoms with Gasteiger partial charge in [-0.05, 0) is 18.9 Å². The van der Waals surface area contributed by atoms with Crippen LogP contribution in [0.15, 0.2) is 12.1 Å². The Bertz CT molecular complexity index is 503. The van der Waals surface area contributed by atoms with E-state index < -0.39 is 0 Å². The Morgan fingerprint density at radius 1 is 1.11 bits per heavy atom. The van der Waals surface area contributed by atoms with Crippen molar-refractivity contribution < 1.29 is 19.0 Å². The minimum absolute atomic E-state index is 0.123. The van der Waals surface area contributed by atoms with Gasteiger partial charge in [-0.2, -0.15) is 0 Å². The first-order chi connectivity index (χ1) is 8.67. The van der Waals surface area contributed by atoms with Crippen LogP contribution in [0.5, 0.6) is 17.2 Å². The van der Waals surface area contributed by atoms with Crippen molar-refractivity contribution in [1.82, 2.24) is 0 Å². The lowest BCUT2D eigenvalue weighted by Gasteiger charge is -2.36. The molecule has 4 nitrogen and oxygen atoms in total. The van der Waals surface area contributed by atoms with E-state index in [0.29, 0.717) is 29.2 Å². The number of ether oxygens (including phenoxy) is 3. The number of Topliss-reactive ketones (excluding diaryl/α,β-unsaturated/α-hetero) is 1. The minimum atomic E-state index is -0.363. The van der Waals surface area contributed by atoms with Crippen LogP contribution in [0.2, 0.25) is 0 Å². The van der Waals surface area contributed by atoms with Gasteiger partial charge in [0.15, 0.2) is 17.3 Å². The van der Waals surface area contributed by atoms with Crippen molar-refractivity contribution in [2.75, 3.05) is 6.79 Å². The van der Waals surface area contributed by atoms with E-state index in [9.17, 15) is 4.79 Å². The highest BCUT2D eigenvalue weighted by molar-refractivity contribution is 6.01. The fraction of sp³-hybridized carbons (Fsp3) is 0.500. The van der Waals surface area contributed by atoms with Crippen molar-refractivity contribution in [3.8, 4) is 17.2 Å². The molecule has 2 aliphatic rings. The van der Waals surface area contributed by atoms with E-state index in [1.165, 1.54) is 0 Å². The first-order valence-electron chi connectivity index (χ1n) is 6.33. The molecule has 2 heterocycles. The zero-order valence-electron chi connectivity index (χ0n) is 10.6. The van der Waals surface area contributed by atoms with E-state index in [4.69, 9.17) is 14.2 Å². The van der Waals surface area contributed by atoms with Gasteiger partial charge in [0.2, 0.25) is 6.79 Å². The van der Waals surface area contributed by atoms with Crippen molar-refractivity contribution >= 4 is 5.78 Å². The molecular weight excluding hydrogens is 232 g/mol. The van der Waals surface area contributed by atoms with Gasteiger partial charge in [0, 0.05) is 6.07 Å². The van der Waals surface area contributed by atoms with Gasteiger partial charge in [-0.15, -0.1) is 0 Å². The first kappa shape index (κ1) is 11.4. The summed E-state index contributed by atoms with van der Waals surface area (Å²) in [4.78, 5) is 12.2. The third kappa shape index (κ3) is 1.55. The van der Waals surface area contributed by atoms with E-state index in [1.807, 2.05) is 0 Å². The highest BCUT2D eigenvalue weighted by Gasteiger charge is 2.38. The monoisotopic (exact) mass is 248 g/mol. The van der Waals surface area contributed by atoms with Gasteiger partial charge in [-0.25, -0.2) is 0 Å². The van der Waals surface area contributed by atoms with Gasteiger partial charge in [0.1, 0.15) is 11.4 Å². The predicted octanol–water partition coefficient (Wildman–Crippen LogP) is 2.94. The van der Waals surface area contributed by atoms with Gasteiger partial charge in [-0.1, -0.05) is 13.8 Å². The Hall–Kier alpha value is -1.71. The van der Waals surface area contributed by atoms with Crippen molar-refractivity contribution in [2.24, 2.45) is 0 Å². The van der Waals surface area contributed by atoms with Crippen LogP contribution >= 0.6 is 0 Å². The number of ketones is 1. The molecule has 4 heteroatoms. The predicted molar refractivity (Wildman–Crippen MR) is 65.5 cm³/mol. The number of fused-ring (bicyclic) bond motifs is 2. The lowest BCUT2D eigenvalue weighted by atomic mass is 9.86. The maximum atomic E-state index is 12.2. The molecule has 96 valence electrons. The van der Waals surface area contributed by atoms with Crippen LogP contribution in [0, 0.1) is 0 Å². The Morgan fingerprint density at radius 2 is 1.78 bits per heavy atom. The largest absolute Gasteiger partial charge is 0.486 e. The summed E-state index contributed by atoms with van der Waals surface area (Å²) in [7, 11) is 0. The van der Waals surface area contributed by atoms with Crippen molar-refractivity contribution in [3.63, 3.8) is 0 Å². The quantitative estimate of drug-likeness (QED) is 0.807. The maximum absolute atomic E-state index is 12.2. The number of hydrogen-bond acceptors (Lipinski definition) is 4. The molecule has 0 spiro atoms. The van der Waals surface area contributed by atoms with Crippen molar-refractivity contribution in [2.45, 2.75) is 38.7 Å². The van der Waals surface area contributed by atoms with E-state index in [0.717, 1.165) is 12.8 Å². The molecule has 0 bridgehead atoms. The normalized spacial score (nSPS) is 19.3. The highest BCUT2D eigenvalue weighted by atomic mass is 16.7. The fourth-order valence-electron chi connectivity index (χ4n) is 2.53.